The van der Waals surface area contributed by atoms with Gasteiger partial charge < -0.3 is 9.47 Å². The van der Waals surface area contributed by atoms with Crippen molar-refractivity contribution in [3.8, 4) is 54.9 Å². The zero-order valence-corrected chi connectivity index (χ0v) is 43.1. The van der Waals surface area contributed by atoms with E-state index in [1.54, 1.807) is 0 Å². The Labute approximate surface area is 411 Å². The molecule has 0 saturated heterocycles. The van der Waals surface area contributed by atoms with Crippen LogP contribution in [-0.2, 0) is 0 Å². The van der Waals surface area contributed by atoms with Gasteiger partial charge in [-0.05, 0) is 124 Å². The molecule has 65 heavy (non-hydrogen) atoms. The molecule has 0 spiro atoms. The van der Waals surface area contributed by atoms with Gasteiger partial charge in [-0.3, -0.25) is 14.5 Å². The fourth-order valence-electron chi connectivity index (χ4n) is 8.66. The highest BCUT2D eigenvalue weighted by molar-refractivity contribution is 9.11. The average Bonchev–Trinajstić information content (AvgIpc) is 4.02. The van der Waals surface area contributed by atoms with Crippen molar-refractivity contribution in [2.45, 2.75) is 136 Å². The number of amides is 2. The lowest BCUT2D eigenvalue weighted by atomic mass is 9.92. The van der Waals surface area contributed by atoms with Crippen LogP contribution in [0.25, 0.3) is 54.4 Å². The lowest BCUT2D eigenvalue weighted by molar-refractivity contribution is 0.0652. The fraction of sp³-hybridized carbons (Fsp3) is 0.444. The van der Waals surface area contributed by atoms with Gasteiger partial charge in [0.15, 0.2) is 0 Å². The van der Waals surface area contributed by atoms with Gasteiger partial charge in [-0.25, -0.2) is 9.97 Å². The molecule has 7 rings (SSSR count). The number of imide groups is 1. The van der Waals surface area contributed by atoms with Gasteiger partial charge in [0.2, 0.25) is 0 Å². The van der Waals surface area contributed by atoms with Gasteiger partial charge in [-0.15, -0.1) is 22.7 Å². The van der Waals surface area contributed by atoms with Crippen LogP contribution in [0.15, 0.2) is 80.4 Å². The molecule has 0 bridgehead atoms. The van der Waals surface area contributed by atoms with E-state index in [2.05, 4.69) is 76.9 Å². The van der Waals surface area contributed by atoms with E-state index in [9.17, 15) is 9.59 Å². The minimum atomic E-state index is -0.271. The van der Waals surface area contributed by atoms with E-state index in [1.165, 1.54) is 105 Å². The number of carbonyl (C=O) groups is 2. The normalized spacial score (nSPS) is 12.5. The first-order chi connectivity index (χ1) is 31.8. The maximum atomic E-state index is 14.9. The Balaban J connectivity index is 1.34. The second-order valence-electron chi connectivity index (χ2n) is 17.1. The Bertz CT molecular complexity index is 2330. The molecule has 0 atom stereocenters. The predicted octanol–water partition coefficient (Wildman–Crippen LogP) is 17.4. The summed E-state index contributed by atoms with van der Waals surface area (Å²) in [6.45, 7) is 8.41. The number of rotatable bonds is 27. The van der Waals surface area contributed by atoms with Crippen LogP contribution < -0.4 is 9.47 Å². The molecule has 6 aromatic rings. The quantitative estimate of drug-likeness (QED) is 0.0378. The molecular formula is C54H63Br2N3O4S2. The summed E-state index contributed by atoms with van der Waals surface area (Å²) in [4.78, 5) is 44.1. The monoisotopic (exact) mass is 1040 g/mol. The molecule has 11 heteroatoms. The first kappa shape index (κ1) is 49.0. The lowest BCUT2D eigenvalue weighted by Gasteiger charge is -2.18. The minimum absolute atomic E-state index is 0.271. The predicted molar refractivity (Wildman–Crippen MR) is 279 cm³/mol. The number of benzene rings is 3. The van der Waals surface area contributed by atoms with Crippen molar-refractivity contribution in [1.29, 1.82) is 0 Å². The van der Waals surface area contributed by atoms with Crippen molar-refractivity contribution in [2.24, 2.45) is 0 Å². The second-order valence-corrected chi connectivity index (χ2v) is 22.1. The van der Waals surface area contributed by atoms with E-state index in [1.807, 2.05) is 48.5 Å². The third kappa shape index (κ3) is 12.4. The smallest absolute Gasteiger partial charge is 0.262 e. The molecule has 0 fully saturated rings. The van der Waals surface area contributed by atoms with Gasteiger partial charge in [0.05, 0.1) is 54.3 Å². The summed E-state index contributed by atoms with van der Waals surface area (Å²) < 4.78 is 14.3. The van der Waals surface area contributed by atoms with Crippen molar-refractivity contribution in [3.63, 3.8) is 0 Å². The molecule has 1 aliphatic rings. The average molecular weight is 1040 g/mol. The first-order valence-electron chi connectivity index (χ1n) is 24.1. The summed E-state index contributed by atoms with van der Waals surface area (Å²) in [6, 6.07) is 24.2. The highest BCUT2D eigenvalue weighted by Gasteiger charge is 2.43. The van der Waals surface area contributed by atoms with Gasteiger partial charge in [0.25, 0.3) is 11.8 Å². The molecule has 1 aliphatic heterocycles. The Morgan fingerprint density at radius 3 is 1.20 bits per heavy atom. The molecule has 0 radical (unpaired) electrons. The third-order valence-electron chi connectivity index (χ3n) is 12.2. The van der Waals surface area contributed by atoms with Crippen LogP contribution in [0.2, 0.25) is 0 Å². The first-order valence-corrected chi connectivity index (χ1v) is 27.3. The molecule has 3 aromatic heterocycles. The van der Waals surface area contributed by atoms with E-state index in [0.717, 1.165) is 78.5 Å². The highest BCUT2D eigenvalue weighted by atomic mass is 79.9. The van der Waals surface area contributed by atoms with Gasteiger partial charge in [-0.1, -0.05) is 117 Å². The topological polar surface area (TPSA) is 81.6 Å². The van der Waals surface area contributed by atoms with Gasteiger partial charge >= 0.3 is 0 Å². The Morgan fingerprint density at radius 1 is 0.462 bits per heavy atom. The molecular weight excluding hydrogens is 979 g/mol. The van der Waals surface area contributed by atoms with Crippen LogP contribution in [0, 0.1) is 0 Å². The van der Waals surface area contributed by atoms with Crippen LogP contribution in [0.5, 0.6) is 11.5 Å². The number of hydrogen-bond donors (Lipinski definition) is 0. The van der Waals surface area contributed by atoms with Crippen molar-refractivity contribution in [1.82, 2.24) is 14.9 Å². The molecule has 3 aromatic carbocycles. The van der Waals surface area contributed by atoms with Crippen LogP contribution in [0.3, 0.4) is 0 Å². The molecule has 4 heterocycles. The van der Waals surface area contributed by atoms with Crippen molar-refractivity contribution >= 4 is 77.4 Å². The number of unbranched alkanes of at least 4 members (excludes halogenated alkanes) is 15. The number of halogens is 2. The summed E-state index contributed by atoms with van der Waals surface area (Å²) >= 11 is 10.4. The van der Waals surface area contributed by atoms with Gasteiger partial charge in [0.1, 0.15) is 11.5 Å². The largest absolute Gasteiger partial charge is 0.494 e. The number of ether oxygens (including phenoxy) is 2. The zero-order chi connectivity index (χ0) is 45.5. The van der Waals surface area contributed by atoms with Crippen LogP contribution in [0.4, 0.5) is 0 Å². The second kappa shape index (κ2) is 24.7. The Morgan fingerprint density at radius 2 is 0.831 bits per heavy atom. The summed E-state index contributed by atoms with van der Waals surface area (Å²) in [5.41, 5.74) is 6.36. The van der Waals surface area contributed by atoms with E-state index < -0.39 is 0 Å². The van der Waals surface area contributed by atoms with Gasteiger partial charge in [-0.2, -0.15) is 0 Å². The number of carbonyl (C=O) groups excluding carboxylic acids is 2. The number of hydrogen-bond acceptors (Lipinski definition) is 8. The van der Waals surface area contributed by atoms with Gasteiger partial charge in [0, 0.05) is 38.6 Å². The lowest BCUT2D eigenvalue weighted by Crippen LogP contribution is -2.30. The molecule has 7 nitrogen and oxygen atoms in total. The maximum Gasteiger partial charge on any atom is 0.262 e. The molecule has 0 N–H and O–H groups in total. The van der Waals surface area contributed by atoms with Crippen LogP contribution >= 0.6 is 54.5 Å². The number of nitrogens with zero attached hydrogens (tertiary/aromatic N) is 3. The molecule has 2 amide bonds. The SMILES string of the molecule is CCCCCCCCOc1ccc(-c2nc3c(-c4ccc(Br)s4)c4c(c(-c5ccc(Br)s5)c3nc2-c2ccc(OCCCCCCCC)cc2)C(=O)N(CCCCCCCC)C4=O)cc1. The Hall–Kier alpha value is -3.90. The van der Waals surface area contributed by atoms with Crippen molar-refractivity contribution in [3.05, 3.63) is 91.5 Å². The zero-order valence-electron chi connectivity index (χ0n) is 38.3. The number of fused-ring (bicyclic) bond motifs is 2. The van der Waals surface area contributed by atoms with E-state index >= 15 is 0 Å². The molecule has 0 saturated carbocycles. The minimum Gasteiger partial charge on any atom is -0.494 e. The standard InChI is InChI=1S/C54H63Br2N3O4S2/c1-4-7-10-13-16-19-34-59-53(60)47-45(41-30-32-43(55)64-41)51-52(46(48(47)54(59)61)42-31-33-44(56)65-42)58-50(38-24-28-40(29-25-38)63-36-21-18-15-12-9-6-3)49(57-51)37-22-26-39(27-23-37)62-35-20-17-14-11-8-5-2/h22-33H,4-21,34-36H2,1-3H3. The summed E-state index contributed by atoms with van der Waals surface area (Å²) in [5, 5.41) is 0. The van der Waals surface area contributed by atoms with Crippen molar-refractivity contribution in [2.75, 3.05) is 19.8 Å². The maximum absolute atomic E-state index is 14.9. The molecule has 0 unspecified atom stereocenters. The molecule has 0 aliphatic carbocycles. The number of aromatic nitrogens is 2. The Kier molecular flexibility index (Phi) is 18.7. The fourth-order valence-corrected chi connectivity index (χ4v) is 11.5. The third-order valence-corrected chi connectivity index (χ3v) is 15.5. The van der Waals surface area contributed by atoms with E-state index in [-0.39, 0.29) is 11.8 Å². The summed E-state index contributed by atoms with van der Waals surface area (Å²) in [6.07, 6.45) is 20.8. The van der Waals surface area contributed by atoms with Crippen molar-refractivity contribution < 1.29 is 19.1 Å². The van der Waals surface area contributed by atoms with E-state index in [0.29, 0.717) is 64.4 Å². The summed E-state index contributed by atoms with van der Waals surface area (Å²) in [7, 11) is 0. The van der Waals surface area contributed by atoms with E-state index in [4.69, 9.17) is 19.4 Å². The van der Waals surface area contributed by atoms with Crippen LogP contribution in [0.1, 0.15) is 157 Å². The van der Waals surface area contributed by atoms with Crippen LogP contribution in [-0.4, -0.2) is 46.4 Å². The molecule has 344 valence electrons. The summed E-state index contributed by atoms with van der Waals surface area (Å²) in [5.74, 6) is 1.08. The number of thiophene rings is 2. The highest BCUT2D eigenvalue weighted by Crippen LogP contribution is 2.49.